The lowest BCUT2D eigenvalue weighted by Gasteiger charge is -2.21. The molecule has 0 radical (unpaired) electrons. The Morgan fingerprint density at radius 3 is 2.71 bits per heavy atom. The van der Waals surface area contributed by atoms with Crippen LogP contribution in [0.25, 0.3) is 5.57 Å². The SMILES string of the molecule is C=C(CCl)c1cc2c(cc1Cl)OCC(NC(=O)c1ncn(Cc3c(F)cccc3F)n1)C(=O)N2C. The minimum absolute atomic E-state index is 0.152. The van der Waals surface area contributed by atoms with Gasteiger partial charge in [0.1, 0.15) is 36.4 Å². The smallest absolute Gasteiger partial charge is 0.291 e. The average Bonchev–Trinajstić information content (AvgIpc) is 3.27. The number of ether oxygens (including phenoxy) is 1. The molecule has 0 saturated heterocycles. The third kappa shape index (κ3) is 4.98. The fourth-order valence-electron chi connectivity index (χ4n) is 3.51. The van der Waals surface area contributed by atoms with E-state index in [2.05, 4.69) is 22.0 Å². The summed E-state index contributed by atoms with van der Waals surface area (Å²) in [6.07, 6.45) is 1.17. The highest BCUT2D eigenvalue weighted by molar-refractivity contribution is 6.33. The molecule has 12 heteroatoms. The lowest BCUT2D eigenvalue weighted by atomic mass is 10.1. The maximum atomic E-state index is 13.9. The van der Waals surface area contributed by atoms with Gasteiger partial charge < -0.3 is 15.0 Å². The average molecular weight is 522 g/mol. The number of hydrogen-bond donors (Lipinski definition) is 1. The predicted molar refractivity (Wildman–Crippen MR) is 127 cm³/mol. The topological polar surface area (TPSA) is 89.3 Å². The van der Waals surface area contributed by atoms with Crippen LogP contribution >= 0.6 is 23.2 Å². The number of anilines is 1. The number of nitrogens with zero attached hydrogens (tertiary/aromatic N) is 4. The summed E-state index contributed by atoms with van der Waals surface area (Å²) in [6, 6.07) is 5.64. The molecule has 2 heterocycles. The highest BCUT2D eigenvalue weighted by Crippen LogP contribution is 2.38. The Morgan fingerprint density at radius 2 is 2.03 bits per heavy atom. The number of nitrogens with one attached hydrogen (secondary N) is 1. The number of fused-ring (bicyclic) bond motifs is 1. The number of halogens is 4. The van der Waals surface area contributed by atoms with Crippen molar-refractivity contribution >= 4 is 46.3 Å². The molecule has 0 aliphatic carbocycles. The van der Waals surface area contributed by atoms with Gasteiger partial charge in [0.2, 0.25) is 5.82 Å². The Kier molecular flexibility index (Phi) is 7.04. The van der Waals surface area contributed by atoms with Crippen molar-refractivity contribution in [3.05, 3.63) is 76.8 Å². The second-order valence-corrected chi connectivity index (χ2v) is 8.41. The van der Waals surface area contributed by atoms with Gasteiger partial charge in [-0.15, -0.1) is 16.7 Å². The van der Waals surface area contributed by atoms with Gasteiger partial charge in [0.25, 0.3) is 11.8 Å². The van der Waals surface area contributed by atoms with Crippen LogP contribution in [0.4, 0.5) is 14.5 Å². The first-order valence-corrected chi connectivity index (χ1v) is 11.2. The van der Waals surface area contributed by atoms with E-state index >= 15 is 0 Å². The maximum Gasteiger partial charge on any atom is 0.291 e. The Labute approximate surface area is 209 Å². The van der Waals surface area contributed by atoms with Crippen molar-refractivity contribution in [2.24, 2.45) is 0 Å². The minimum Gasteiger partial charge on any atom is -0.489 e. The van der Waals surface area contributed by atoms with Crippen LogP contribution in [0.15, 0.2) is 43.2 Å². The molecule has 182 valence electrons. The van der Waals surface area contributed by atoms with Gasteiger partial charge in [0, 0.05) is 24.6 Å². The van der Waals surface area contributed by atoms with Crippen LogP contribution in [0.2, 0.25) is 5.02 Å². The molecule has 4 rings (SSSR count). The number of benzene rings is 2. The second kappa shape index (κ2) is 10.0. The summed E-state index contributed by atoms with van der Waals surface area (Å²) in [5.74, 6) is -2.46. The Hall–Kier alpha value is -3.50. The zero-order valence-electron chi connectivity index (χ0n) is 18.4. The Bertz CT molecular complexity index is 1310. The Morgan fingerprint density at radius 1 is 1.31 bits per heavy atom. The molecule has 1 aliphatic rings. The number of alkyl halides is 1. The van der Waals surface area contributed by atoms with Gasteiger partial charge in [0.05, 0.1) is 17.3 Å². The fourth-order valence-corrected chi connectivity index (χ4v) is 3.94. The number of allylic oxidation sites excluding steroid dienone is 1. The van der Waals surface area contributed by atoms with Crippen molar-refractivity contribution in [2.75, 3.05) is 24.4 Å². The molecule has 0 spiro atoms. The van der Waals surface area contributed by atoms with Gasteiger partial charge in [-0.1, -0.05) is 24.2 Å². The van der Waals surface area contributed by atoms with E-state index in [1.807, 2.05) is 0 Å². The summed E-state index contributed by atoms with van der Waals surface area (Å²) < 4.78 is 34.7. The zero-order valence-corrected chi connectivity index (χ0v) is 19.9. The number of aromatic nitrogens is 3. The van der Waals surface area contributed by atoms with E-state index in [0.717, 1.165) is 16.8 Å². The summed E-state index contributed by atoms with van der Waals surface area (Å²) in [4.78, 5) is 31.0. The number of amides is 2. The van der Waals surface area contributed by atoms with E-state index in [1.165, 1.54) is 24.3 Å². The summed E-state index contributed by atoms with van der Waals surface area (Å²) >= 11 is 12.2. The van der Waals surface area contributed by atoms with E-state index < -0.39 is 29.5 Å². The number of carbonyl (C=O) groups excluding carboxylic acids is 2. The molecule has 0 fully saturated rings. The summed E-state index contributed by atoms with van der Waals surface area (Å²) in [5, 5.41) is 6.87. The van der Waals surface area contributed by atoms with E-state index in [-0.39, 0.29) is 30.4 Å². The van der Waals surface area contributed by atoms with Gasteiger partial charge in [-0.2, -0.15) is 0 Å². The van der Waals surface area contributed by atoms with Crippen molar-refractivity contribution in [1.82, 2.24) is 20.1 Å². The molecule has 3 aromatic rings. The molecule has 1 unspecified atom stereocenters. The maximum absolute atomic E-state index is 13.9. The standard InChI is InChI=1S/C23H19Cl2F2N5O3/c1-12(8-24)13-6-19-20(7-15(13)25)35-10-18(23(34)31(19)2)29-22(33)21-28-11-32(30-21)9-14-16(26)4-3-5-17(14)27/h3-7,11,18H,1,8-10H2,2H3,(H,29,33). The van der Waals surface area contributed by atoms with Crippen molar-refractivity contribution in [3.8, 4) is 5.75 Å². The molecule has 0 bridgehead atoms. The Balaban J connectivity index is 1.49. The van der Waals surface area contributed by atoms with Gasteiger partial charge in [-0.3, -0.25) is 9.59 Å². The summed E-state index contributed by atoms with van der Waals surface area (Å²) in [7, 11) is 1.53. The summed E-state index contributed by atoms with van der Waals surface area (Å²) in [5.41, 5.74) is 1.37. The molecule has 1 aromatic heterocycles. The largest absolute Gasteiger partial charge is 0.489 e. The molecule has 1 aliphatic heterocycles. The van der Waals surface area contributed by atoms with Crippen LogP contribution in [-0.2, 0) is 11.3 Å². The minimum atomic E-state index is -1.06. The molecule has 8 nitrogen and oxygen atoms in total. The first kappa shape index (κ1) is 24.6. The predicted octanol–water partition coefficient (Wildman–Crippen LogP) is 3.66. The molecule has 0 saturated carbocycles. The van der Waals surface area contributed by atoms with Gasteiger partial charge in [-0.25, -0.2) is 18.4 Å². The molecule has 1 atom stereocenters. The van der Waals surface area contributed by atoms with Crippen LogP contribution < -0.4 is 15.0 Å². The van der Waals surface area contributed by atoms with Crippen LogP contribution in [0, 0.1) is 11.6 Å². The van der Waals surface area contributed by atoms with Gasteiger partial charge >= 0.3 is 0 Å². The highest BCUT2D eigenvalue weighted by atomic mass is 35.5. The van der Waals surface area contributed by atoms with Gasteiger partial charge in [0.15, 0.2) is 0 Å². The fraction of sp³-hybridized carbons (Fsp3) is 0.217. The number of rotatable bonds is 6. The lowest BCUT2D eigenvalue weighted by molar-refractivity contribution is -0.120. The van der Waals surface area contributed by atoms with E-state index in [1.54, 1.807) is 12.1 Å². The van der Waals surface area contributed by atoms with E-state index in [0.29, 0.717) is 27.6 Å². The van der Waals surface area contributed by atoms with Crippen LogP contribution in [-0.4, -0.2) is 52.2 Å². The van der Waals surface area contributed by atoms with Crippen LogP contribution in [0.1, 0.15) is 21.7 Å². The van der Waals surface area contributed by atoms with Crippen LogP contribution in [0.5, 0.6) is 5.75 Å². The first-order chi connectivity index (χ1) is 16.7. The van der Waals surface area contributed by atoms with Crippen molar-refractivity contribution < 1.29 is 23.1 Å². The monoisotopic (exact) mass is 521 g/mol. The molecule has 2 aromatic carbocycles. The number of likely N-dealkylation sites (N-methyl/N-ethyl adjacent to an activating group) is 1. The van der Waals surface area contributed by atoms with Crippen molar-refractivity contribution in [3.63, 3.8) is 0 Å². The lowest BCUT2D eigenvalue weighted by Crippen LogP contribution is -2.49. The summed E-state index contributed by atoms with van der Waals surface area (Å²) in [6.45, 7) is 3.44. The molecular formula is C23H19Cl2F2N5O3. The highest BCUT2D eigenvalue weighted by Gasteiger charge is 2.32. The van der Waals surface area contributed by atoms with Gasteiger partial charge in [-0.05, 0) is 29.3 Å². The first-order valence-electron chi connectivity index (χ1n) is 10.3. The third-order valence-electron chi connectivity index (χ3n) is 5.41. The molecule has 35 heavy (non-hydrogen) atoms. The molecule has 2 amide bonds. The zero-order chi connectivity index (χ0) is 25.3. The normalized spacial score (nSPS) is 15.3. The van der Waals surface area contributed by atoms with Crippen LogP contribution in [0.3, 0.4) is 0 Å². The van der Waals surface area contributed by atoms with E-state index in [4.69, 9.17) is 27.9 Å². The van der Waals surface area contributed by atoms with Crippen molar-refractivity contribution in [1.29, 1.82) is 0 Å². The number of carbonyl (C=O) groups is 2. The number of hydrogen-bond acceptors (Lipinski definition) is 5. The quantitative estimate of drug-likeness (QED) is 0.500. The second-order valence-electron chi connectivity index (χ2n) is 7.74. The van der Waals surface area contributed by atoms with E-state index in [9.17, 15) is 18.4 Å². The third-order valence-corrected chi connectivity index (χ3v) is 6.05. The van der Waals surface area contributed by atoms with Crippen molar-refractivity contribution in [2.45, 2.75) is 12.6 Å². The molecular weight excluding hydrogens is 503 g/mol. The molecule has 1 N–H and O–H groups in total.